The molecule has 172 valence electrons. The van der Waals surface area contributed by atoms with Crippen molar-refractivity contribution in [3.05, 3.63) is 29.0 Å². The summed E-state index contributed by atoms with van der Waals surface area (Å²) < 4.78 is 5.26. The Morgan fingerprint density at radius 1 is 1.12 bits per heavy atom. The maximum atomic E-state index is 6.31. The lowest BCUT2D eigenvalue weighted by molar-refractivity contribution is 0.276. The zero-order valence-electron chi connectivity index (χ0n) is 18.9. The van der Waals surface area contributed by atoms with Crippen LogP contribution >= 0.6 is 11.6 Å². The Morgan fingerprint density at radius 2 is 2.00 bits per heavy atom. The number of piperidine rings is 1. The second-order valence-electron chi connectivity index (χ2n) is 9.04. The SMILES string of the molecule is CCN1CCCC1CNc1nc(Nc2ccc(OC)c(Cl)c2)nc(C2CN3CCC2C3)n1. The fourth-order valence-electron chi connectivity index (χ4n) is 5.39. The molecule has 2 aromatic rings. The van der Waals surface area contributed by atoms with Crippen LogP contribution < -0.4 is 15.4 Å². The maximum Gasteiger partial charge on any atom is 0.232 e. The number of hydrogen-bond acceptors (Lipinski definition) is 8. The van der Waals surface area contributed by atoms with Crippen LogP contribution in [0.1, 0.15) is 37.9 Å². The molecule has 4 unspecified atom stereocenters. The minimum absolute atomic E-state index is 0.367. The van der Waals surface area contributed by atoms with Crippen molar-refractivity contribution in [3.63, 3.8) is 0 Å². The van der Waals surface area contributed by atoms with E-state index < -0.39 is 0 Å². The molecule has 0 spiro atoms. The molecule has 3 fully saturated rings. The van der Waals surface area contributed by atoms with E-state index in [2.05, 4.69) is 27.4 Å². The fourth-order valence-corrected chi connectivity index (χ4v) is 5.65. The molecular weight excluding hydrogens is 426 g/mol. The van der Waals surface area contributed by atoms with Gasteiger partial charge in [0, 0.05) is 37.3 Å². The zero-order chi connectivity index (χ0) is 22.1. The number of likely N-dealkylation sites (N-methyl/N-ethyl adjacent to an activating group) is 1. The molecule has 5 rings (SSSR count). The van der Waals surface area contributed by atoms with Gasteiger partial charge in [-0.3, -0.25) is 4.90 Å². The van der Waals surface area contributed by atoms with E-state index in [1.807, 2.05) is 18.2 Å². The highest BCUT2D eigenvalue weighted by molar-refractivity contribution is 6.32. The number of methoxy groups -OCH3 is 1. The Bertz CT molecular complexity index is 958. The standard InChI is InChI=1S/C23H32ClN7O/c1-3-31-9-4-5-17(31)12-25-22-27-21(18-14-30-10-8-15(18)13-30)28-23(29-22)26-16-6-7-20(32-2)19(24)11-16/h6-7,11,15,17-18H,3-5,8-10,12-14H2,1-2H3,(H2,25,26,27,28,29). The number of halogens is 1. The van der Waals surface area contributed by atoms with E-state index in [9.17, 15) is 0 Å². The number of hydrogen-bond donors (Lipinski definition) is 2. The summed E-state index contributed by atoms with van der Waals surface area (Å²) in [7, 11) is 1.61. The Balaban J connectivity index is 1.38. The number of benzene rings is 1. The molecule has 1 aromatic heterocycles. The van der Waals surface area contributed by atoms with Crippen LogP contribution in [-0.2, 0) is 0 Å². The summed E-state index contributed by atoms with van der Waals surface area (Å²) in [6, 6.07) is 6.12. The molecule has 0 radical (unpaired) electrons. The van der Waals surface area contributed by atoms with Crippen LogP contribution in [-0.4, -0.2) is 77.2 Å². The van der Waals surface area contributed by atoms with Gasteiger partial charge in [-0.1, -0.05) is 18.5 Å². The first kappa shape index (κ1) is 21.7. The van der Waals surface area contributed by atoms with Crippen LogP contribution in [0.2, 0.25) is 5.02 Å². The smallest absolute Gasteiger partial charge is 0.232 e. The largest absolute Gasteiger partial charge is 0.495 e. The van der Waals surface area contributed by atoms with Gasteiger partial charge < -0.3 is 20.3 Å². The Labute approximate surface area is 194 Å². The summed E-state index contributed by atoms with van der Waals surface area (Å²) >= 11 is 6.31. The van der Waals surface area contributed by atoms with Crippen LogP contribution in [0.15, 0.2) is 18.2 Å². The molecule has 0 aliphatic carbocycles. The highest BCUT2D eigenvalue weighted by Gasteiger charge is 2.40. The van der Waals surface area contributed by atoms with Gasteiger partial charge in [0.15, 0.2) is 0 Å². The molecule has 4 heterocycles. The summed E-state index contributed by atoms with van der Waals surface area (Å²) in [6.07, 6.45) is 3.70. The number of anilines is 3. The normalized spacial score (nSPS) is 27.1. The first-order valence-electron chi connectivity index (χ1n) is 11.7. The van der Waals surface area contributed by atoms with Crippen molar-refractivity contribution in [1.82, 2.24) is 24.8 Å². The summed E-state index contributed by atoms with van der Waals surface area (Å²) in [5.74, 6) is 3.73. The fraction of sp³-hybridized carbons (Fsp3) is 0.609. The van der Waals surface area contributed by atoms with Crippen LogP contribution in [0.3, 0.4) is 0 Å². The molecule has 8 nitrogen and oxygen atoms in total. The third-order valence-corrected chi connectivity index (χ3v) is 7.42. The minimum Gasteiger partial charge on any atom is -0.495 e. The minimum atomic E-state index is 0.367. The summed E-state index contributed by atoms with van der Waals surface area (Å²) in [4.78, 5) is 19.4. The third kappa shape index (κ3) is 4.49. The molecule has 9 heteroatoms. The molecule has 4 atom stereocenters. The van der Waals surface area contributed by atoms with E-state index in [4.69, 9.17) is 31.3 Å². The van der Waals surface area contributed by atoms with E-state index in [1.165, 1.54) is 32.4 Å². The third-order valence-electron chi connectivity index (χ3n) is 7.13. The second-order valence-corrected chi connectivity index (χ2v) is 9.44. The average molecular weight is 458 g/mol. The second kappa shape index (κ2) is 9.37. The quantitative estimate of drug-likeness (QED) is 0.622. The van der Waals surface area contributed by atoms with Gasteiger partial charge in [-0.2, -0.15) is 15.0 Å². The topological polar surface area (TPSA) is 78.4 Å². The number of aromatic nitrogens is 3. The lowest BCUT2D eigenvalue weighted by Gasteiger charge is -2.24. The van der Waals surface area contributed by atoms with Crippen LogP contribution in [0.5, 0.6) is 5.75 Å². The van der Waals surface area contributed by atoms with Gasteiger partial charge in [-0.05, 0) is 63.0 Å². The molecule has 3 aliphatic heterocycles. The predicted molar refractivity (Wildman–Crippen MR) is 127 cm³/mol. The Morgan fingerprint density at radius 3 is 2.72 bits per heavy atom. The van der Waals surface area contributed by atoms with Crippen LogP contribution in [0.4, 0.5) is 17.6 Å². The van der Waals surface area contributed by atoms with Gasteiger partial charge in [0.05, 0.1) is 12.1 Å². The van der Waals surface area contributed by atoms with Gasteiger partial charge in [0.2, 0.25) is 11.9 Å². The van der Waals surface area contributed by atoms with Crippen molar-refractivity contribution in [2.75, 3.05) is 57.0 Å². The van der Waals surface area contributed by atoms with Crippen molar-refractivity contribution in [2.24, 2.45) is 5.92 Å². The van der Waals surface area contributed by atoms with E-state index in [0.29, 0.717) is 40.5 Å². The van der Waals surface area contributed by atoms with E-state index >= 15 is 0 Å². The van der Waals surface area contributed by atoms with Gasteiger partial charge >= 0.3 is 0 Å². The van der Waals surface area contributed by atoms with E-state index in [0.717, 1.165) is 37.7 Å². The summed E-state index contributed by atoms with van der Waals surface area (Å²) in [5, 5.41) is 7.39. The van der Waals surface area contributed by atoms with Crippen LogP contribution in [0.25, 0.3) is 0 Å². The molecule has 0 amide bonds. The average Bonchev–Trinajstić information content (AvgIpc) is 3.54. The molecule has 2 N–H and O–H groups in total. The summed E-state index contributed by atoms with van der Waals surface area (Å²) in [5.41, 5.74) is 0.823. The predicted octanol–water partition coefficient (Wildman–Crippen LogP) is 3.59. The van der Waals surface area contributed by atoms with Crippen molar-refractivity contribution in [3.8, 4) is 5.75 Å². The van der Waals surface area contributed by atoms with Gasteiger partial charge in [0.25, 0.3) is 0 Å². The van der Waals surface area contributed by atoms with Crippen molar-refractivity contribution >= 4 is 29.2 Å². The van der Waals surface area contributed by atoms with E-state index in [-0.39, 0.29) is 0 Å². The molecule has 2 bridgehead atoms. The Hall–Kier alpha value is -2.16. The monoisotopic (exact) mass is 457 g/mol. The number of nitrogens with one attached hydrogen (secondary N) is 2. The zero-order valence-corrected chi connectivity index (χ0v) is 19.6. The van der Waals surface area contributed by atoms with Gasteiger partial charge in [-0.15, -0.1) is 0 Å². The first-order chi connectivity index (χ1) is 15.6. The van der Waals surface area contributed by atoms with Crippen molar-refractivity contribution in [2.45, 2.75) is 38.1 Å². The Kier molecular flexibility index (Phi) is 6.35. The van der Waals surface area contributed by atoms with Crippen molar-refractivity contribution in [1.29, 1.82) is 0 Å². The van der Waals surface area contributed by atoms with E-state index in [1.54, 1.807) is 7.11 Å². The molecule has 32 heavy (non-hydrogen) atoms. The maximum absolute atomic E-state index is 6.31. The van der Waals surface area contributed by atoms with Crippen LogP contribution in [0, 0.1) is 5.92 Å². The van der Waals surface area contributed by atoms with Gasteiger partial charge in [0.1, 0.15) is 11.6 Å². The summed E-state index contributed by atoms with van der Waals surface area (Å²) in [6.45, 7) is 8.73. The highest BCUT2D eigenvalue weighted by atomic mass is 35.5. The van der Waals surface area contributed by atoms with Gasteiger partial charge in [-0.25, -0.2) is 0 Å². The highest BCUT2D eigenvalue weighted by Crippen LogP contribution is 2.39. The lowest BCUT2D eigenvalue weighted by Crippen LogP contribution is -2.35. The lowest BCUT2D eigenvalue weighted by atomic mass is 9.92. The number of ether oxygens (including phenoxy) is 1. The molecular formula is C23H32ClN7O. The number of fused-ring (bicyclic) bond motifs is 2. The number of rotatable bonds is 8. The number of nitrogens with zero attached hydrogens (tertiary/aromatic N) is 5. The molecule has 3 saturated heterocycles. The molecule has 3 aliphatic rings. The van der Waals surface area contributed by atoms with Crippen molar-refractivity contribution < 1.29 is 4.74 Å². The first-order valence-corrected chi connectivity index (χ1v) is 12.1. The number of likely N-dealkylation sites (tertiary alicyclic amines) is 1. The molecule has 1 aromatic carbocycles. The molecule has 0 saturated carbocycles.